The van der Waals surface area contributed by atoms with E-state index in [9.17, 15) is 0 Å². The zero-order valence-electron chi connectivity index (χ0n) is 12.1. The fourth-order valence-corrected chi connectivity index (χ4v) is 2.94. The number of hydrogen-bond acceptors (Lipinski definition) is 4. The Kier molecular flexibility index (Phi) is 6.13. The molecule has 1 atom stereocenters. The number of hydrogen-bond donors (Lipinski definition) is 1. The third-order valence-corrected chi connectivity index (χ3v) is 3.95. The van der Waals surface area contributed by atoms with Gasteiger partial charge in [-0.15, -0.1) is 0 Å². The van der Waals surface area contributed by atoms with Gasteiger partial charge in [-0.05, 0) is 59.9 Å². The Bertz CT molecular complexity index is 433. The van der Waals surface area contributed by atoms with Crippen LogP contribution >= 0.6 is 15.9 Å². The number of methoxy groups -OCH3 is 1. The first-order chi connectivity index (χ1) is 9.74. The van der Waals surface area contributed by atoms with E-state index in [0.29, 0.717) is 6.61 Å². The zero-order chi connectivity index (χ0) is 14.4. The van der Waals surface area contributed by atoms with Gasteiger partial charge < -0.3 is 19.5 Å². The van der Waals surface area contributed by atoms with Gasteiger partial charge in [0.05, 0.1) is 17.7 Å². The Morgan fingerprint density at radius 3 is 2.90 bits per heavy atom. The van der Waals surface area contributed by atoms with E-state index in [4.69, 9.17) is 14.2 Å². The van der Waals surface area contributed by atoms with Crippen LogP contribution in [0.25, 0.3) is 0 Å². The topological polar surface area (TPSA) is 39.7 Å². The van der Waals surface area contributed by atoms with E-state index in [1.165, 1.54) is 6.42 Å². The van der Waals surface area contributed by atoms with Crippen LogP contribution in [0.2, 0.25) is 0 Å². The predicted octanol–water partition coefficient (Wildman–Crippen LogP) is 3.13. The van der Waals surface area contributed by atoms with Crippen LogP contribution in [0.5, 0.6) is 11.5 Å². The zero-order valence-corrected chi connectivity index (χ0v) is 13.7. The molecule has 1 heterocycles. The third-order valence-electron chi connectivity index (χ3n) is 3.36. The van der Waals surface area contributed by atoms with Crippen LogP contribution in [-0.4, -0.2) is 33.5 Å². The highest BCUT2D eigenvalue weighted by Crippen LogP contribution is 2.37. The summed E-state index contributed by atoms with van der Waals surface area (Å²) in [7, 11) is 3.58. The summed E-state index contributed by atoms with van der Waals surface area (Å²) >= 11 is 3.56. The summed E-state index contributed by atoms with van der Waals surface area (Å²) in [6.07, 6.45) is 3.63. The summed E-state index contributed by atoms with van der Waals surface area (Å²) in [4.78, 5) is 0. The first kappa shape index (κ1) is 15.6. The summed E-state index contributed by atoms with van der Waals surface area (Å²) in [5, 5.41) is 3.13. The lowest BCUT2D eigenvalue weighted by Gasteiger charge is -2.23. The second-order valence-corrected chi connectivity index (χ2v) is 5.79. The molecule has 1 N–H and O–H groups in total. The summed E-state index contributed by atoms with van der Waals surface area (Å²) in [6.45, 7) is 2.20. The molecule has 20 heavy (non-hydrogen) atoms. The molecule has 2 rings (SSSR count). The van der Waals surface area contributed by atoms with Crippen LogP contribution in [0, 0.1) is 0 Å². The summed E-state index contributed by atoms with van der Waals surface area (Å²) < 4.78 is 17.9. The van der Waals surface area contributed by atoms with Gasteiger partial charge in [0.2, 0.25) is 0 Å². The molecule has 0 bridgehead atoms. The summed E-state index contributed by atoms with van der Waals surface area (Å²) in [5.41, 5.74) is 1.15. The Labute approximate surface area is 128 Å². The van der Waals surface area contributed by atoms with Gasteiger partial charge in [-0.25, -0.2) is 0 Å². The van der Waals surface area contributed by atoms with Crippen LogP contribution in [0.1, 0.15) is 24.8 Å². The molecule has 0 radical (unpaired) electrons. The van der Waals surface area contributed by atoms with Crippen molar-refractivity contribution in [1.29, 1.82) is 0 Å². The van der Waals surface area contributed by atoms with Gasteiger partial charge in [0.1, 0.15) is 6.61 Å². The number of ether oxygens (including phenoxy) is 3. The lowest BCUT2D eigenvalue weighted by atomic mass is 10.1. The Morgan fingerprint density at radius 1 is 1.40 bits per heavy atom. The molecule has 5 heteroatoms. The maximum absolute atomic E-state index is 5.91. The minimum Gasteiger partial charge on any atom is -0.493 e. The SMILES string of the molecule is CNCc1cc(Br)c(OCC2CCCCO2)c(OC)c1. The highest BCUT2D eigenvalue weighted by Gasteiger charge is 2.17. The number of benzene rings is 1. The molecule has 1 aromatic carbocycles. The van der Waals surface area contributed by atoms with E-state index < -0.39 is 0 Å². The van der Waals surface area contributed by atoms with Crippen molar-refractivity contribution in [3.63, 3.8) is 0 Å². The maximum atomic E-state index is 5.91. The Balaban J connectivity index is 2.05. The van der Waals surface area contributed by atoms with Crippen molar-refractivity contribution < 1.29 is 14.2 Å². The minimum atomic E-state index is 0.192. The molecule has 4 nitrogen and oxygen atoms in total. The lowest BCUT2D eigenvalue weighted by molar-refractivity contribution is -0.0116. The van der Waals surface area contributed by atoms with Gasteiger partial charge in [-0.2, -0.15) is 0 Å². The molecule has 1 fully saturated rings. The molecule has 0 spiro atoms. The van der Waals surface area contributed by atoms with Crippen molar-refractivity contribution in [2.75, 3.05) is 27.4 Å². The molecule has 1 aliphatic heterocycles. The lowest BCUT2D eigenvalue weighted by Crippen LogP contribution is -2.26. The standard InChI is InChI=1S/C15H22BrNO3/c1-17-9-11-7-13(16)15(14(8-11)18-2)20-10-12-5-3-4-6-19-12/h7-8,12,17H,3-6,9-10H2,1-2H3. The van der Waals surface area contributed by atoms with Gasteiger partial charge in [0.25, 0.3) is 0 Å². The van der Waals surface area contributed by atoms with Gasteiger partial charge in [0.15, 0.2) is 11.5 Å². The van der Waals surface area contributed by atoms with Gasteiger partial charge in [-0.3, -0.25) is 0 Å². The van der Waals surface area contributed by atoms with E-state index in [1.807, 2.05) is 13.1 Å². The largest absolute Gasteiger partial charge is 0.493 e. The quantitative estimate of drug-likeness (QED) is 0.861. The Hall–Kier alpha value is -0.780. The first-order valence-corrected chi connectivity index (χ1v) is 7.79. The van der Waals surface area contributed by atoms with E-state index >= 15 is 0 Å². The second kappa shape index (κ2) is 7.86. The predicted molar refractivity (Wildman–Crippen MR) is 82.5 cm³/mol. The van der Waals surface area contributed by atoms with Crippen molar-refractivity contribution in [3.05, 3.63) is 22.2 Å². The van der Waals surface area contributed by atoms with Crippen LogP contribution in [0.15, 0.2) is 16.6 Å². The molecule has 112 valence electrons. The maximum Gasteiger partial charge on any atom is 0.175 e. The van der Waals surface area contributed by atoms with E-state index in [-0.39, 0.29) is 6.10 Å². The van der Waals surface area contributed by atoms with Crippen LogP contribution in [-0.2, 0) is 11.3 Å². The molecule has 1 aromatic rings. The average molecular weight is 344 g/mol. The molecule has 0 aliphatic carbocycles. The number of halogens is 1. The number of nitrogens with one attached hydrogen (secondary N) is 1. The minimum absolute atomic E-state index is 0.192. The number of rotatable bonds is 6. The van der Waals surface area contributed by atoms with Crippen LogP contribution < -0.4 is 14.8 Å². The van der Waals surface area contributed by atoms with Gasteiger partial charge >= 0.3 is 0 Å². The van der Waals surface area contributed by atoms with E-state index in [1.54, 1.807) is 7.11 Å². The van der Waals surface area contributed by atoms with Crippen LogP contribution in [0.4, 0.5) is 0 Å². The van der Waals surface area contributed by atoms with Gasteiger partial charge in [0, 0.05) is 13.2 Å². The van der Waals surface area contributed by atoms with E-state index in [0.717, 1.165) is 47.5 Å². The molecular formula is C15H22BrNO3. The fourth-order valence-electron chi connectivity index (χ4n) is 2.33. The normalized spacial score (nSPS) is 18.9. The fraction of sp³-hybridized carbons (Fsp3) is 0.600. The van der Waals surface area contributed by atoms with E-state index in [2.05, 4.69) is 27.3 Å². The molecule has 0 aromatic heterocycles. The monoisotopic (exact) mass is 343 g/mol. The highest BCUT2D eigenvalue weighted by molar-refractivity contribution is 9.10. The molecule has 1 saturated heterocycles. The molecule has 0 amide bonds. The summed E-state index contributed by atoms with van der Waals surface area (Å²) in [5.74, 6) is 1.50. The highest BCUT2D eigenvalue weighted by atomic mass is 79.9. The van der Waals surface area contributed by atoms with Crippen molar-refractivity contribution in [3.8, 4) is 11.5 Å². The smallest absolute Gasteiger partial charge is 0.175 e. The van der Waals surface area contributed by atoms with Crippen molar-refractivity contribution >= 4 is 15.9 Å². The molecular weight excluding hydrogens is 322 g/mol. The van der Waals surface area contributed by atoms with Crippen LogP contribution in [0.3, 0.4) is 0 Å². The molecule has 1 unspecified atom stereocenters. The van der Waals surface area contributed by atoms with Gasteiger partial charge in [-0.1, -0.05) is 0 Å². The van der Waals surface area contributed by atoms with Crippen molar-refractivity contribution in [2.45, 2.75) is 31.9 Å². The van der Waals surface area contributed by atoms with Crippen molar-refractivity contribution in [2.24, 2.45) is 0 Å². The summed E-state index contributed by atoms with van der Waals surface area (Å²) in [6, 6.07) is 4.05. The second-order valence-electron chi connectivity index (χ2n) is 4.94. The first-order valence-electron chi connectivity index (χ1n) is 7.00. The molecule has 0 saturated carbocycles. The molecule has 1 aliphatic rings. The third kappa shape index (κ3) is 4.11. The Morgan fingerprint density at radius 2 is 2.25 bits per heavy atom. The van der Waals surface area contributed by atoms with Crippen molar-refractivity contribution in [1.82, 2.24) is 5.32 Å². The average Bonchev–Trinajstić information content (AvgIpc) is 2.47.